The van der Waals surface area contributed by atoms with Gasteiger partial charge in [0.05, 0.1) is 18.7 Å². The van der Waals surface area contributed by atoms with Gasteiger partial charge in [-0.3, -0.25) is 4.79 Å². The lowest BCUT2D eigenvalue weighted by molar-refractivity contribution is -0.128. The summed E-state index contributed by atoms with van der Waals surface area (Å²) in [6.07, 6.45) is 2.02. The molecule has 6 heteroatoms. The number of furan rings is 1. The first-order valence-electron chi connectivity index (χ1n) is 5.83. The third kappa shape index (κ3) is 2.01. The van der Waals surface area contributed by atoms with Crippen LogP contribution in [0.2, 0.25) is 0 Å². The van der Waals surface area contributed by atoms with Crippen molar-refractivity contribution in [2.24, 2.45) is 0 Å². The molecule has 6 nitrogen and oxygen atoms in total. The Morgan fingerprint density at radius 3 is 3.11 bits per heavy atom. The van der Waals surface area contributed by atoms with Crippen LogP contribution in [0.25, 0.3) is 0 Å². The first-order valence-corrected chi connectivity index (χ1v) is 5.83. The van der Waals surface area contributed by atoms with Crippen molar-refractivity contribution >= 4 is 5.91 Å². The number of hydrogen-bond donors (Lipinski definition) is 0. The molecule has 94 valence electrons. The SMILES string of the molecule is Cc1noc(C2CC(=O)N(Cc3ccco3)C2)n1. The molecule has 0 saturated carbocycles. The largest absolute Gasteiger partial charge is 0.467 e. The summed E-state index contributed by atoms with van der Waals surface area (Å²) >= 11 is 0. The number of aromatic nitrogens is 2. The fraction of sp³-hybridized carbons (Fsp3) is 0.417. The molecule has 0 aliphatic carbocycles. The summed E-state index contributed by atoms with van der Waals surface area (Å²) < 4.78 is 10.4. The summed E-state index contributed by atoms with van der Waals surface area (Å²) in [5.41, 5.74) is 0. The minimum absolute atomic E-state index is 0.00587. The molecule has 1 unspecified atom stereocenters. The quantitative estimate of drug-likeness (QED) is 0.821. The van der Waals surface area contributed by atoms with Crippen LogP contribution < -0.4 is 0 Å². The third-order valence-corrected chi connectivity index (χ3v) is 3.03. The van der Waals surface area contributed by atoms with Gasteiger partial charge in [-0.1, -0.05) is 5.16 Å². The third-order valence-electron chi connectivity index (χ3n) is 3.03. The summed E-state index contributed by atoms with van der Waals surface area (Å²) in [6.45, 7) is 2.86. The minimum Gasteiger partial charge on any atom is -0.467 e. The summed E-state index contributed by atoms with van der Waals surface area (Å²) in [4.78, 5) is 17.8. The van der Waals surface area contributed by atoms with E-state index in [0.29, 0.717) is 31.2 Å². The molecule has 2 aromatic rings. The van der Waals surface area contributed by atoms with Crippen molar-refractivity contribution < 1.29 is 13.7 Å². The number of hydrogen-bond acceptors (Lipinski definition) is 5. The van der Waals surface area contributed by atoms with Gasteiger partial charge in [0.15, 0.2) is 5.82 Å². The summed E-state index contributed by atoms with van der Waals surface area (Å²) in [7, 11) is 0. The second-order valence-corrected chi connectivity index (χ2v) is 4.43. The van der Waals surface area contributed by atoms with Crippen LogP contribution in [-0.4, -0.2) is 27.5 Å². The average Bonchev–Trinajstić information content (AvgIpc) is 3.03. The van der Waals surface area contributed by atoms with Crippen molar-refractivity contribution in [1.29, 1.82) is 0 Å². The molecule has 1 amide bonds. The monoisotopic (exact) mass is 247 g/mol. The molecule has 0 radical (unpaired) electrons. The van der Waals surface area contributed by atoms with Crippen LogP contribution in [0.15, 0.2) is 27.3 Å². The maximum Gasteiger partial charge on any atom is 0.232 e. The van der Waals surface area contributed by atoms with Gasteiger partial charge in [-0.05, 0) is 19.1 Å². The number of carbonyl (C=O) groups excluding carboxylic acids is 1. The zero-order valence-electron chi connectivity index (χ0n) is 10.00. The van der Waals surface area contributed by atoms with Crippen LogP contribution in [0, 0.1) is 6.92 Å². The molecule has 1 saturated heterocycles. The van der Waals surface area contributed by atoms with E-state index < -0.39 is 0 Å². The van der Waals surface area contributed by atoms with Crippen molar-refractivity contribution in [3.63, 3.8) is 0 Å². The molecule has 1 aliphatic rings. The van der Waals surface area contributed by atoms with Gasteiger partial charge in [-0.25, -0.2) is 0 Å². The van der Waals surface area contributed by atoms with E-state index in [9.17, 15) is 4.79 Å². The Morgan fingerprint density at radius 2 is 2.44 bits per heavy atom. The van der Waals surface area contributed by atoms with E-state index in [2.05, 4.69) is 10.1 Å². The number of carbonyl (C=O) groups is 1. The number of amides is 1. The Bertz CT molecular complexity index is 547. The van der Waals surface area contributed by atoms with Crippen molar-refractivity contribution in [3.05, 3.63) is 35.9 Å². The van der Waals surface area contributed by atoms with Gasteiger partial charge < -0.3 is 13.8 Å². The highest BCUT2D eigenvalue weighted by molar-refractivity contribution is 5.79. The Balaban J connectivity index is 1.70. The molecule has 1 aliphatic heterocycles. The van der Waals surface area contributed by atoms with E-state index >= 15 is 0 Å². The molecule has 18 heavy (non-hydrogen) atoms. The van der Waals surface area contributed by atoms with Crippen LogP contribution in [-0.2, 0) is 11.3 Å². The lowest BCUT2D eigenvalue weighted by Gasteiger charge is -2.13. The average molecular weight is 247 g/mol. The van der Waals surface area contributed by atoms with Crippen LogP contribution in [0.4, 0.5) is 0 Å². The fourth-order valence-corrected chi connectivity index (χ4v) is 2.16. The second-order valence-electron chi connectivity index (χ2n) is 4.43. The van der Waals surface area contributed by atoms with Crippen LogP contribution in [0.1, 0.15) is 29.8 Å². The van der Waals surface area contributed by atoms with E-state index in [1.807, 2.05) is 12.1 Å². The van der Waals surface area contributed by atoms with Gasteiger partial charge in [-0.2, -0.15) is 4.98 Å². The number of likely N-dealkylation sites (tertiary alicyclic amines) is 1. The first kappa shape index (κ1) is 11.0. The normalized spacial score (nSPS) is 19.7. The van der Waals surface area contributed by atoms with Crippen molar-refractivity contribution in [1.82, 2.24) is 15.0 Å². The molecule has 2 aromatic heterocycles. The van der Waals surface area contributed by atoms with E-state index in [1.165, 1.54) is 0 Å². The summed E-state index contributed by atoms with van der Waals surface area (Å²) in [5, 5.41) is 3.75. The molecular formula is C12H13N3O3. The summed E-state index contributed by atoms with van der Waals surface area (Å²) in [5.74, 6) is 2.01. The zero-order valence-corrected chi connectivity index (χ0v) is 10.00. The molecular weight excluding hydrogens is 234 g/mol. The maximum atomic E-state index is 11.9. The highest BCUT2D eigenvalue weighted by Crippen LogP contribution is 2.28. The first-order chi connectivity index (χ1) is 8.72. The van der Waals surface area contributed by atoms with Crippen LogP contribution in [0.3, 0.4) is 0 Å². The van der Waals surface area contributed by atoms with E-state index in [0.717, 1.165) is 5.76 Å². The van der Waals surface area contributed by atoms with Gasteiger partial charge in [0.25, 0.3) is 0 Å². The Labute approximate surface area is 104 Å². The standard InChI is InChI=1S/C12H13N3O3/c1-8-13-12(18-14-8)9-5-11(16)15(6-9)7-10-3-2-4-17-10/h2-4,9H,5-7H2,1H3. The molecule has 3 rings (SSSR count). The lowest BCUT2D eigenvalue weighted by Crippen LogP contribution is -2.24. The highest BCUT2D eigenvalue weighted by Gasteiger charge is 2.34. The van der Waals surface area contributed by atoms with Crippen LogP contribution >= 0.6 is 0 Å². The maximum absolute atomic E-state index is 11.9. The second kappa shape index (κ2) is 4.29. The summed E-state index contributed by atoms with van der Waals surface area (Å²) in [6, 6.07) is 3.67. The zero-order chi connectivity index (χ0) is 12.5. The molecule has 0 bridgehead atoms. The number of rotatable bonds is 3. The predicted octanol–water partition coefficient (Wildman–Crippen LogP) is 1.49. The van der Waals surface area contributed by atoms with Gasteiger partial charge in [0, 0.05) is 13.0 Å². The minimum atomic E-state index is -0.00587. The molecule has 0 N–H and O–H groups in total. The molecule has 3 heterocycles. The van der Waals surface area contributed by atoms with E-state index in [4.69, 9.17) is 8.94 Å². The molecule has 1 atom stereocenters. The lowest BCUT2D eigenvalue weighted by atomic mass is 10.1. The highest BCUT2D eigenvalue weighted by atomic mass is 16.5. The van der Waals surface area contributed by atoms with Crippen molar-refractivity contribution in [2.75, 3.05) is 6.54 Å². The van der Waals surface area contributed by atoms with E-state index in [-0.39, 0.29) is 11.8 Å². The Hall–Kier alpha value is -2.11. The Kier molecular flexibility index (Phi) is 2.62. The van der Waals surface area contributed by atoms with Crippen molar-refractivity contribution in [3.8, 4) is 0 Å². The predicted molar refractivity (Wildman–Crippen MR) is 60.5 cm³/mol. The number of nitrogens with zero attached hydrogens (tertiary/aromatic N) is 3. The van der Waals surface area contributed by atoms with Gasteiger partial charge in [0.2, 0.25) is 11.8 Å². The molecule has 0 aromatic carbocycles. The van der Waals surface area contributed by atoms with Crippen LogP contribution in [0.5, 0.6) is 0 Å². The molecule has 0 spiro atoms. The van der Waals surface area contributed by atoms with Crippen molar-refractivity contribution in [2.45, 2.75) is 25.8 Å². The smallest absolute Gasteiger partial charge is 0.232 e. The van der Waals surface area contributed by atoms with E-state index in [1.54, 1.807) is 18.1 Å². The molecule has 1 fully saturated rings. The van der Waals surface area contributed by atoms with Gasteiger partial charge in [0.1, 0.15) is 5.76 Å². The number of aryl methyl sites for hydroxylation is 1. The van der Waals surface area contributed by atoms with Gasteiger partial charge in [-0.15, -0.1) is 0 Å². The fourth-order valence-electron chi connectivity index (χ4n) is 2.16. The topological polar surface area (TPSA) is 72.4 Å². The van der Waals surface area contributed by atoms with Gasteiger partial charge >= 0.3 is 0 Å². The Morgan fingerprint density at radius 1 is 1.56 bits per heavy atom.